The molecule has 0 saturated carbocycles. The van der Waals surface area contributed by atoms with E-state index in [1.54, 1.807) is 13.0 Å². The van der Waals surface area contributed by atoms with E-state index in [4.69, 9.17) is 5.73 Å². The number of benzene rings is 1. The lowest BCUT2D eigenvalue weighted by Crippen LogP contribution is -2.23. The van der Waals surface area contributed by atoms with Crippen molar-refractivity contribution in [2.75, 3.05) is 0 Å². The summed E-state index contributed by atoms with van der Waals surface area (Å²) >= 11 is 1.42. The third-order valence-electron chi connectivity index (χ3n) is 2.72. The van der Waals surface area contributed by atoms with Crippen molar-refractivity contribution >= 4 is 21.4 Å². The Hall–Kier alpha value is -1.21. The van der Waals surface area contributed by atoms with Gasteiger partial charge in [-0.3, -0.25) is 0 Å². The number of sulfonamides is 1. The van der Waals surface area contributed by atoms with Gasteiger partial charge in [0.15, 0.2) is 0 Å². The predicted molar refractivity (Wildman–Crippen MR) is 77.4 cm³/mol. The van der Waals surface area contributed by atoms with E-state index in [9.17, 15) is 8.42 Å². The Morgan fingerprint density at radius 3 is 2.53 bits per heavy atom. The molecule has 3 N–H and O–H groups in total. The predicted octanol–water partition coefficient (Wildman–Crippen LogP) is 1.99. The van der Waals surface area contributed by atoms with E-state index in [0.717, 1.165) is 15.3 Å². The number of nitrogens with two attached hydrogens (primary N) is 1. The molecule has 4 nitrogen and oxygen atoms in total. The molecule has 2 rings (SSSR count). The molecule has 0 unspecified atom stereocenters. The first-order valence-corrected chi connectivity index (χ1v) is 8.16. The normalized spacial score (nSPS) is 11.7. The van der Waals surface area contributed by atoms with Crippen molar-refractivity contribution in [1.29, 1.82) is 0 Å². The average Bonchev–Trinajstić information content (AvgIpc) is 2.80. The molecule has 0 saturated heterocycles. The Morgan fingerprint density at radius 2 is 1.95 bits per heavy atom. The highest BCUT2D eigenvalue weighted by Crippen LogP contribution is 2.25. The molecule has 1 aromatic heterocycles. The molecule has 0 aliphatic carbocycles. The van der Waals surface area contributed by atoms with Gasteiger partial charge in [-0.25, -0.2) is 13.1 Å². The third kappa shape index (κ3) is 3.42. The SMILES string of the molecule is Cc1sc(CN)cc1S(=O)(=O)NCc1ccccc1. The smallest absolute Gasteiger partial charge is 0.241 e. The number of nitrogens with one attached hydrogen (secondary N) is 1. The molecule has 0 radical (unpaired) electrons. The first kappa shape index (κ1) is 14.2. The fraction of sp³-hybridized carbons (Fsp3) is 0.231. The van der Waals surface area contributed by atoms with Crippen LogP contribution in [0.1, 0.15) is 15.3 Å². The second-order valence-corrected chi connectivity index (χ2v) is 7.22. The highest BCUT2D eigenvalue weighted by molar-refractivity contribution is 7.89. The molecule has 1 aromatic carbocycles. The lowest BCUT2D eigenvalue weighted by atomic mass is 10.2. The van der Waals surface area contributed by atoms with Gasteiger partial charge in [0.05, 0.1) is 4.90 Å². The van der Waals surface area contributed by atoms with Crippen molar-refractivity contribution in [2.24, 2.45) is 5.73 Å². The number of hydrogen-bond donors (Lipinski definition) is 2. The van der Waals surface area contributed by atoms with Gasteiger partial charge >= 0.3 is 0 Å². The molecular weight excluding hydrogens is 280 g/mol. The van der Waals surface area contributed by atoms with Crippen LogP contribution in [0.25, 0.3) is 0 Å². The number of thiophene rings is 1. The largest absolute Gasteiger partial charge is 0.326 e. The van der Waals surface area contributed by atoms with Crippen LogP contribution in [0.4, 0.5) is 0 Å². The van der Waals surface area contributed by atoms with Gasteiger partial charge in [0, 0.05) is 22.8 Å². The standard InChI is InChI=1S/C13H16N2O2S2/c1-10-13(7-12(8-14)18-10)19(16,17)15-9-11-5-3-2-4-6-11/h2-7,15H,8-9,14H2,1H3. The van der Waals surface area contributed by atoms with Crippen LogP contribution in [0.3, 0.4) is 0 Å². The number of rotatable bonds is 5. The van der Waals surface area contributed by atoms with Crippen LogP contribution in [-0.2, 0) is 23.1 Å². The molecule has 6 heteroatoms. The van der Waals surface area contributed by atoms with Gasteiger partial charge in [0.1, 0.15) is 0 Å². The van der Waals surface area contributed by atoms with Crippen LogP contribution in [0.2, 0.25) is 0 Å². The van der Waals surface area contributed by atoms with Crippen LogP contribution < -0.4 is 10.5 Å². The molecule has 0 aliphatic rings. The average molecular weight is 296 g/mol. The number of hydrogen-bond acceptors (Lipinski definition) is 4. The van der Waals surface area contributed by atoms with Crippen LogP contribution in [-0.4, -0.2) is 8.42 Å². The van der Waals surface area contributed by atoms with Crippen molar-refractivity contribution < 1.29 is 8.42 Å². The van der Waals surface area contributed by atoms with Gasteiger partial charge in [-0.2, -0.15) is 0 Å². The van der Waals surface area contributed by atoms with Gasteiger partial charge in [-0.1, -0.05) is 30.3 Å². The van der Waals surface area contributed by atoms with Crippen LogP contribution in [0, 0.1) is 6.92 Å². The van der Waals surface area contributed by atoms with Crippen LogP contribution in [0.5, 0.6) is 0 Å². The quantitative estimate of drug-likeness (QED) is 0.886. The monoisotopic (exact) mass is 296 g/mol. The molecule has 102 valence electrons. The molecule has 0 bridgehead atoms. The van der Waals surface area contributed by atoms with Crippen LogP contribution in [0.15, 0.2) is 41.3 Å². The Labute approximate surface area is 117 Å². The zero-order valence-corrected chi connectivity index (χ0v) is 12.2. The minimum Gasteiger partial charge on any atom is -0.326 e. The van der Waals surface area contributed by atoms with E-state index in [2.05, 4.69) is 4.72 Å². The summed E-state index contributed by atoms with van der Waals surface area (Å²) in [6.07, 6.45) is 0. The van der Waals surface area contributed by atoms with Crippen molar-refractivity contribution in [2.45, 2.75) is 24.9 Å². The lowest BCUT2D eigenvalue weighted by molar-refractivity contribution is 0.581. The topological polar surface area (TPSA) is 72.2 Å². The van der Waals surface area contributed by atoms with E-state index < -0.39 is 10.0 Å². The van der Waals surface area contributed by atoms with E-state index in [0.29, 0.717) is 11.4 Å². The summed E-state index contributed by atoms with van der Waals surface area (Å²) in [6, 6.07) is 11.1. The summed E-state index contributed by atoms with van der Waals surface area (Å²) in [5.74, 6) is 0. The fourth-order valence-electron chi connectivity index (χ4n) is 1.74. The summed E-state index contributed by atoms with van der Waals surface area (Å²) < 4.78 is 27.0. The fourth-order valence-corrected chi connectivity index (χ4v) is 4.27. The van der Waals surface area contributed by atoms with E-state index in [1.165, 1.54) is 11.3 Å². The van der Waals surface area contributed by atoms with E-state index >= 15 is 0 Å². The summed E-state index contributed by atoms with van der Waals surface area (Å²) in [5, 5.41) is 0. The van der Waals surface area contributed by atoms with E-state index in [-0.39, 0.29) is 6.54 Å². The molecule has 2 aromatic rings. The first-order valence-electron chi connectivity index (χ1n) is 5.86. The number of aryl methyl sites for hydroxylation is 1. The molecular formula is C13H16N2O2S2. The minimum absolute atomic E-state index is 0.288. The minimum atomic E-state index is -3.47. The third-order valence-corrected chi connectivity index (χ3v) is 5.45. The highest BCUT2D eigenvalue weighted by Gasteiger charge is 2.19. The molecule has 1 heterocycles. The Bertz CT molecular complexity index is 649. The molecule has 19 heavy (non-hydrogen) atoms. The van der Waals surface area contributed by atoms with Gasteiger partial charge in [0.25, 0.3) is 0 Å². The van der Waals surface area contributed by atoms with Crippen LogP contribution >= 0.6 is 11.3 Å². The van der Waals surface area contributed by atoms with Crippen molar-refractivity contribution in [3.8, 4) is 0 Å². The lowest BCUT2D eigenvalue weighted by Gasteiger charge is -2.06. The van der Waals surface area contributed by atoms with Gasteiger partial charge in [-0.15, -0.1) is 11.3 Å². The molecule has 0 spiro atoms. The van der Waals surface area contributed by atoms with E-state index in [1.807, 2.05) is 30.3 Å². The van der Waals surface area contributed by atoms with Gasteiger partial charge in [0.2, 0.25) is 10.0 Å². The molecule has 0 fully saturated rings. The summed E-state index contributed by atoms with van der Waals surface area (Å²) in [6.45, 7) is 2.44. The first-order chi connectivity index (χ1) is 9.03. The Morgan fingerprint density at radius 1 is 1.26 bits per heavy atom. The molecule has 0 aliphatic heterocycles. The summed E-state index contributed by atoms with van der Waals surface area (Å²) in [5.41, 5.74) is 6.46. The summed E-state index contributed by atoms with van der Waals surface area (Å²) in [4.78, 5) is 1.97. The Balaban J connectivity index is 2.16. The maximum Gasteiger partial charge on any atom is 0.241 e. The van der Waals surface area contributed by atoms with Crippen molar-refractivity contribution in [3.05, 3.63) is 51.7 Å². The molecule has 0 amide bonds. The maximum atomic E-state index is 12.2. The maximum absolute atomic E-state index is 12.2. The second-order valence-electron chi connectivity index (χ2n) is 4.15. The second kappa shape index (κ2) is 5.83. The molecule has 0 atom stereocenters. The Kier molecular flexibility index (Phi) is 4.36. The zero-order valence-electron chi connectivity index (χ0n) is 10.6. The van der Waals surface area contributed by atoms with Crippen molar-refractivity contribution in [3.63, 3.8) is 0 Å². The van der Waals surface area contributed by atoms with Gasteiger partial charge in [-0.05, 0) is 18.6 Å². The van der Waals surface area contributed by atoms with Gasteiger partial charge < -0.3 is 5.73 Å². The van der Waals surface area contributed by atoms with Crippen molar-refractivity contribution in [1.82, 2.24) is 4.72 Å². The summed E-state index contributed by atoms with van der Waals surface area (Å²) in [7, 11) is -3.47. The highest BCUT2D eigenvalue weighted by atomic mass is 32.2. The zero-order chi connectivity index (χ0) is 13.9.